The lowest BCUT2D eigenvalue weighted by atomic mass is 9.93. The molecule has 0 fully saturated rings. The monoisotopic (exact) mass is 484 g/mol. The highest BCUT2D eigenvalue weighted by molar-refractivity contribution is 14.0. The van der Waals surface area contributed by atoms with E-state index in [0.717, 1.165) is 32.1 Å². The van der Waals surface area contributed by atoms with Gasteiger partial charge in [-0.15, -0.1) is 24.0 Å². The van der Waals surface area contributed by atoms with E-state index in [9.17, 15) is 0 Å². The van der Waals surface area contributed by atoms with Crippen molar-refractivity contribution in [3.63, 3.8) is 0 Å². The number of benzene rings is 1. The minimum Gasteiger partial charge on any atom is -0.356 e. The van der Waals surface area contributed by atoms with Gasteiger partial charge in [-0.25, -0.2) is 0 Å². The van der Waals surface area contributed by atoms with Gasteiger partial charge in [0.15, 0.2) is 5.96 Å². The molecule has 0 aliphatic carbocycles. The molecule has 0 bridgehead atoms. The average Bonchev–Trinajstić information content (AvgIpc) is 3.08. The Morgan fingerprint density at radius 2 is 1.85 bits per heavy atom. The summed E-state index contributed by atoms with van der Waals surface area (Å²) in [5.74, 6) is 0.825. The molecule has 27 heavy (non-hydrogen) atoms. The van der Waals surface area contributed by atoms with Gasteiger partial charge in [-0.3, -0.25) is 9.67 Å². The highest BCUT2D eigenvalue weighted by Gasteiger charge is 2.19. The first-order chi connectivity index (χ1) is 12.4. The highest BCUT2D eigenvalue weighted by Crippen LogP contribution is 2.14. The van der Waals surface area contributed by atoms with Gasteiger partial charge in [-0.1, -0.05) is 38.1 Å². The molecule has 0 unspecified atom stereocenters. The van der Waals surface area contributed by atoms with Crippen LogP contribution in [-0.2, 0) is 13.1 Å². The van der Waals surface area contributed by atoms with E-state index in [1.165, 1.54) is 11.1 Å². The van der Waals surface area contributed by atoms with Crippen molar-refractivity contribution in [3.8, 4) is 0 Å². The van der Waals surface area contributed by atoms with Gasteiger partial charge in [0.1, 0.15) is 0 Å². The number of rotatable bonds is 8. The molecular formula is C20H33IN6. The van der Waals surface area contributed by atoms with Crippen LogP contribution in [0.25, 0.3) is 0 Å². The Morgan fingerprint density at radius 3 is 2.44 bits per heavy atom. The Hall–Kier alpha value is -1.61. The molecule has 2 rings (SSSR count). The molecule has 1 aromatic carbocycles. The Balaban J connectivity index is 0.00000364. The lowest BCUT2D eigenvalue weighted by Crippen LogP contribution is -2.44. The van der Waals surface area contributed by atoms with Crippen LogP contribution in [0.4, 0.5) is 0 Å². The maximum Gasteiger partial charge on any atom is 0.191 e. The highest BCUT2D eigenvalue weighted by atomic mass is 127. The van der Waals surface area contributed by atoms with E-state index in [4.69, 9.17) is 0 Å². The molecule has 0 aliphatic heterocycles. The average molecular weight is 484 g/mol. The number of hydrogen-bond acceptors (Lipinski definition) is 3. The molecule has 0 radical (unpaired) electrons. The zero-order valence-electron chi connectivity index (χ0n) is 17.1. The van der Waals surface area contributed by atoms with Crippen LogP contribution < -0.4 is 10.6 Å². The van der Waals surface area contributed by atoms with Gasteiger partial charge >= 0.3 is 0 Å². The van der Waals surface area contributed by atoms with Crippen LogP contribution in [-0.4, -0.2) is 54.9 Å². The summed E-state index contributed by atoms with van der Waals surface area (Å²) in [5.41, 5.74) is 2.67. The summed E-state index contributed by atoms with van der Waals surface area (Å²) in [6.07, 6.45) is 3.79. The van der Waals surface area contributed by atoms with Crippen molar-refractivity contribution >= 4 is 29.9 Å². The first-order valence-electron chi connectivity index (χ1n) is 9.03. The molecule has 2 aromatic rings. The van der Waals surface area contributed by atoms with Crippen LogP contribution >= 0.6 is 24.0 Å². The molecule has 0 saturated carbocycles. The van der Waals surface area contributed by atoms with Crippen LogP contribution in [0.15, 0.2) is 47.7 Å². The Kier molecular flexibility index (Phi) is 9.79. The number of nitrogens with one attached hydrogen (secondary N) is 2. The zero-order valence-corrected chi connectivity index (χ0v) is 19.4. The van der Waals surface area contributed by atoms with Crippen LogP contribution in [0.2, 0.25) is 0 Å². The number of aromatic nitrogens is 2. The normalized spacial score (nSPS) is 12.0. The number of nitrogens with zero attached hydrogens (tertiary/aromatic N) is 4. The van der Waals surface area contributed by atoms with Crippen LogP contribution in [0.1, 0.15) is 25.0 Å². The second-order valence-corrected chi connectivity index (χ2v) is 7.65. The lowest BCUT2D eigenvalue weighted by Gasteiger charge is -2.29. The number of guanidine groups is 1. The van der Waals surface area contributed by atoms with E-state index in [1.54, 1.807) is 0 Å². The van der Waals surface area contributed by atoms with Crippen molar-refractivity contribution in [1.82, 2.24) is 25.3 Å². The molecule has 7 heteroatoms. The van der Waals surface area contributed by atoms with Crippen molar-refractivity contribution in [1.29, 1.82) is 0 Å². The van der Waals surface area contributed by atoms with Gasteiger partial charge in [-0.05, 0) is 36.7 Å². The first-order valence-corrected chi connectivity index (χ1v) is 9.03. The molecule has 1 heterocycles. The predicted molar refractivity (Wildman–Crippen MR) is 124 cm³/mol. The SMILES string of the molecule is CN=C(NCc1ccccc1Cn1cccn1)NCC(C)(C)CN(C)C.I. The fourth-order valence-electron chi connectivity index (χ4n) is 3.09. The molecule has 0 saturated heterocycles. The Labute approximate surface area is 180 Å². The third-order valence-corrected chi connectivity index (χ3v) is 4.16. The summed E-state index contributed by atoms with van der Waals surface area (Å²) in [4.78, 5) is 6.57. The Bertz CT molecular complexity index is 694. The van der Waals surface area contributed by atoms with Crippen LogP contribution in [0.3, 0.4) is 0 Å². The van der Waals surface area contributed by atoms with Crippen LogP contribution in [0, 0.1) is 5.41 Å². The van der Waals surface area contributed by atoms with Gasteiger partial charge in [0.2, 0.25) is 0 Å². The van der Waals surface area contributed by atoms with Crippen molar-refractivity contribution in [2.45, 2.75) is 26.9 Å². The quantitative estimate of drug-likeness (QED) is 0.344. The van der Waals surface area contributed by atoms with Crippen LogP contribution in [0.5, 0.6) is 0 Å². The van der Waals surface area contributed by atoms with E-state index in [-0.39, 0.29) is 29.4 Å². The summed E-state index contributed by atoms with van der Waals surface area (Å²) >= 11 is 0. The molecule has 150 valence electrons. The molecule has 2 N–H and O–H groups in total. The van der Waals surface area contributed by atoms with Gasteiger partial charge in [0.25, 0.3) is 0 Å². The van der Waals surface area contributed by atoms with E-state index in [2.05, 4.69) is 77.8 Å². The molecule has 0 amide bonds. The fourth-order valence-corrected chi connectivity index (χ4v) is 3.09. The summed E-state index contributed by atoms with van der Waals surface area (Å²) in [7, 11) is 6.01. The van der Waals surface area contributed by atoms with Crippen molar-refractivity contribution in [3.05, 3.63) is 53.9 Å². The van der Waals surface area contributed by atoms with E-state index < -0.39 is 0 Å². The third kappa shape index (κ3) is 8.30. The molecule has 1 aromatic heterocycles. The third-order valence-electron chi connectivity index (χ3n) is 4.16. The second-order valence-electron chi connectivity index (χ2n) is 7.65. The summed E-state index contributed by atoms with van der Waals surface area (Å²) in [5, 5.41) is 11.2. The maximum absolute atomic E-state index is 4.35. The standard InChI is InChI=1S/C20H32N6.HI/c1-20(2,16-25(4)5)15-23-19(21-3)22-13-17-9-6-7-10-18(17)14-26-12-8-11-24-26;/h6-12H,13-16H2,1-5H3,(H2,21,22,23);1H. The zero-order chi connectivity index (χ0) is 19.0. The van der Waals surface area contributed by atoms with Gasteiger partial charge in [0, 0.05) is 39.1 Å². The minimum atomic E-state index is 0. The maximum atomic E-state index is 4.35. The summed E-state index contributed by atoms with van der Waals surface area (Å²) < 4.78 is 1.94. The van der Waals surface area contributed by atoms with Crippen molar-refractivity contribution < 1.29 is 0 Å². The molecule has 6 nitrogen and oxygen atoms in total. The van der Waals surface area contributed by atoms with E-state index >= 15 is 0 Å². The second kappa shape index (κ2) is 11.3. The molecule has 0 atom stereocenters. The number of halogens is 1. The van der Waals surface area contributed by atoms with Gasteiger partial charge < -0.3 is 15.5 Å². The molecular weight excluding hydrogens is 451 g/mol. The fraction of sp³-hybridized carbons (Fsp3) is 0.500. The van der Waals surface area contributed by atoms with E-state index in [0.29, 0.717) is 0 Å². The molecule has 0 spiro atoms. The largest absolute Gasteiger partial charge is 0.356 e. The van der Waals surface area contributed by atoms with Gasteiger partial charge in [-0.2, -0.15) is 5.10 Å². The minimum absolute atomic E-state index is 0. The lowest BCUT2D eigenvalue weighted by molar-refractivity contribution is 0.241. The smallest absolute Gasteiger partial charge is 0.191 e. The Morgan fingerprint density at radius 1 is 1.15 bits per heavy atom. The molecule has 0 aliphatic rings. The van der Waals surface area contributed by atoms with Gasteiger partial charge in [0.05, 0.1) is 6.54 Å². The summed E-state index contributed by atoms with van der Waals surface area (Å²) in [6.45, 7) is 7.89. The topological polar surface area (TPSA) is 57.5 Å². The first kappa shape index (κ1) is 23.4. The number of hydrogen-bond donors (Lipinski definition) is 2. The predicted octanol–water partition coefficient (Wildman–Crippen LogP) is 2.80. The number of aliphatic imine (C=N–C) groups is 1. The summed E-state index contributed by atoms with van der Waals surface area (Å²) in [6, 6.07) is 10.4. The van der Waals surface area contributed by atoms with Crippen molar-refractivity contribution in [2.24, 2.45) is 10.4 Å². The van der Waals surface area contributed by atoms with E-state index in [1.807, 2.05) is 30.2 Å². The van der Waals surface area contributed by atoms with Crippen molar-refractivity contribution in [2.75, 3.05) is 34.2 Å².